The molecule has 1 fully saturated rings. The molecule has 1 amide bonds. The van der Waals surface area contributed by atoms with Gasteiger partial charge in [-0.05, 0) is 65.2 Å². The Morgan fingerprint density at radius 2 is 2.00 bits per heavy atom. The summed E-state index contributed by atoms with van der Waals surface area (Å²) < 4.78 is 5.27. The highest BCUT2D eigenvalue weighted by molar-refractivity contribution is 5.68. The highest BCUT2D eigenvalue weighted by atomic mass is 16.6. The van der Waals surface area contributed by atoms with Crippen molar-refractivity contribution < 1.29 is 9.53 Å². The van der Waals surface area contributed by atoms with E-state index in [0.29, 0.717) is 6.04 Å². The van der Waals surface area contributed by atoms with E-state index in [1.807, 2.05) is 27.7 Å². The third kappa shape index (κ3) is 4.73. The summed E-state index contributed by atoms with van der Waals surface area (Å²) in [5.41, 5.74) is -0.445. The molecule has 4 nitrogen and oxygen atoms in total. The normalized spacial score (nSPS) is 30.2. The van der Waals surface area contributed by atoms with Crippen LogP contribution in [0.4, 0.5) is 4.79 Å². The van der Waals surface area contributed by atoms with Crippen molar-refractivity contribution in [1.82, 2.24) is 10.6 Å². The number of carbonyl (C=O) groups excluding carboxylic acids is 1. The molecule has 2 bridgehead atoms. The van der Waals surface area contributed by atoms with Gasteiger partial charge in [0.2, 0.25) is 0 Å². The van der Waals surface area contributed by atoms with Crippen LogP contribution >= 0.6 is 0 Å². The summed E-state index contributed by atoms with van der Waals surface area (Å²) in [4.78, 5) is 11.7. The number of hydrogen-bond donors (Lipinski definition) is 2. The average molecular weight is 294 g/mol. The maximum Gasteiger partial charge on any atom is 0.407 e. The Hall–Kier alpha value is -1.03. The van der Waals surface area contributed by atoms with Crippen molar-refractivity contribution in [3.05, 3.63) is 12.2 Å². The zero-order valence-electron chi connectivity index (χ0n) is 14.0. The number of nitrogens with one attached hydrogen (secondary N) is 2. The smallest absolute Gasteiger partial charge is 0.407 e. The Kier molecular flexibility index (Phi) is 4.97. The van der Waals surface area contributed by atoms with Gasteiger partial charge in [0.15, 0.2) is 0 Å². The Bertz CT molecular complexity index is 400. The van der Waals surface area contributed by atoms with Gasteiger partial charge in [-0.15, -0.1) is 0 Å². The SMILES string of the molecule is CC(CNC(C)C1CC2C=CC1C2)NC(=O)OC(C)(C)C. The molecule has 0 heterocycles. The third-order valence-corrected chi connectivity index (χ3v) is 4.48. The molecule has 0 aromatic carbocycles. The molecule has 2 rings (SSSR count). The molecule has 0 spiro atoms. The van der Waals surface area contributed by atoms with E-state index < -0.39 is 5.60 Å². The number of rotatable bonds is 5. The number of allylic oxidation sites excluding steroid dienone is 2. The van der Waals surface area contributed by atoms with Crippen LogP contribution in [0.5, 0.6) is 0 Å². The number of hydrogen-bond acceptors (Lipinski definition) is 3. The standard InChI is InChI=1S/C17H30N2O2/c1-11(19-16(20)21-17(3,4)5)10-18-12(2)15-9-13-6-7-14(15)8-13/h6-7,11-15,18H,8-10H2,1-5H3,(H,19,20). The Balaban J connectivity index is 1.68. The summed E-state index contributed by atoms with van der Waals surface area (Å²) in [5, 5.41) is 6.45. The molecule has 21 heavy (non-hydrogen) atoms. The number of fused-ring (bicyclic) bond motifs is 2. The zero-order valence-corrected chi connectivity index (χ0v) is 14.0. The van der Waals surface area contributed by atoms with Gasteiger partial charge in [-0.1, -0.05) is 12.2 Å². The molecular formula is C17H30N2O2. The van der Waals surface area contributed by atoms with Crippen LogP contribution in [-0.4, -0.2) is 30.3 Å². The highest BCUT2D eigenvalue weighted by Crippen LogP contribution is 2.44. The molecule has 2 aliphatic carbocycles. The lowest BCUT2D eigenvalue weighted by Crippen LogP contribution is -2.46. The number of carbonyl (C=O) groups is 1. The predicted molar refractivity (Wildman–Crippen MR) is 85.1 cm³/mol. The summed E-state index contributed by atoms with van der Waals surface area (Å²) in [6.07, 6.45) is 7.07. The number of alkyl carbamates (subject to hydrolysis) is 1. The first-order valence-electron chi connectivity index (χ1n) is 8.16. The van der Waals surface area contributed by atoms with E-state index in [1.165, 1.54) is 12.8 Å². The molecule has 0 radical (unpaired) electrons. The van der Waals surface area contributed by atoms with Crippen LogP contribution in [0.15, 0.2) is 12.2 Å². The van der Waals surface area contributed by atoms with E-state index in [-0.39, 0.29) is 12.1 Å². The summed E-state index contributed by atoms with van der Waals surface area (Å²) in [7, 11) is 0. The molecule has 2 aliphatic rings. The molecule has 5 unspecified atom stereocenters. The van der Waals surface area contributed by atoms with Gasteiger partial charge in [-0.3, -0.25) is 0 Å². The minimum atomic E-state index is -0.445. The number of amides is 1. The predicted octanol–water partition coefficient (Wildman–Crippen LogP) is 3.09. The van der Waals surface area contributed by atoms with Crippen LogP contribution in [0.2, 0.25) is 0 Å². The van der Waals surface area contributed by atoms with E-state index in [0.717, 1.165) is 24.3 Å². The van der Waals surface area contributed by atoms with Crippen LogP contribution in [0, 0.1) is 17.8 Å². The first kappa shape index (κ1) is 16.3. The monoisotopic (exact) mass is 294 g/mol. The van der Waals surface area contributed by atoms with Crippen LogP contribution < -0.4 is 10.6 Å². The van der Waals surface area contributed by atoms with E-state index >= 15 is 0 Å². The lowest BCUT2D eigenvalue weighted by molar-refractivity contribution is 0.0507. The Morgan fingerprint density at radius 3 is 2.52 bits per heavy atom. The van der Waals surface area contributed by atoms with Crippen LogP contribution in [0.25, 0.3) is 0 Å². The van der Waals surface area contributed by atoms with Crippen molar-refractivity contribution in [1.29, 1.82) is 0 Å². The quantitative estimate of drug-likeness (QED) is 0.766. The van der Waals surface area contributed by atoms with Crippen molar-refractivity contribution in [3.8, 4) is 0 Å². The zero-order chi connectivity index (χ0) is 15.6. The van der Waals surface area contributed by atoms with Gasteiger partial charge < -0.3 is 15.4 Å². The average Bonchev–Trinajstić information content (AvgIpc) is 2.95. The molecule has 0 saturated heterocycles. The van der Waals surface area contributed by atoms with Crippen molar-refractivity contribution in [2.24, 2.45) is 17.8 Å². The molecule has 2 N–H and O–H groups in total. The van der Waals surface area contributed by atoms with Gasteiger partial charge in [-0.25, -0.2) is 4.79 Å². The Labute approximate surface area is 128 Å². The molecule has 0 aromatic rings. The minimum Gasteiger partial charge on any atom is -0.444 e. The second-order valence-electron chi connectivity index (χ2n) is 7.69. The summed E-state index contributed by atoms with van der Waals surface area (Å²) in [6.45, 7) is 10.7. The second-order valence-corrected chi connectivity index (χ2v) is 7.69. The topological polar surface area (TPSA) is 50.4 Å². The van der Waals surface area contributed by atoms with Gasteiger partial charge >= 0.3 is 6.09 Å². The van der Waals surface area contributed by atoms with Gasteiger partial charge in [0.05, 0.1) is 0 Å². The lowest BCUT2D eigenvalue weighted by Gasteiger charge is -2.28. The van der Waals surface area contributed by atoms with E-state index in [4.69, 9.17) is 4.74 Å². The first-order valence-corrected chi connectivity index (χ1v) is 8.16. The van der Waals surface area contributed by atoms with Crippen LogP contribution in [0.1, 0.15) is 47.5 Å². The van der Waals surface area contributed by atoms with E-state index in [9.17, 15) is 4.79 Å². The second kappa shape index (κ2) is 6.39. The molecule has 0 aliphatic heterocycles. The third-order valence-electron chi connectivity index (χ3n) is 4.48. The van der Waals surface area contributed by atoms with E-state index in [2.05, 4.69) is 29.7 Å². The van der Waals surface area contributed by atoms with Crippen molar-refractivity contribution in [3.63, 3.8) is 0 Å². The fraction of sp³-hybridized carbons (Fsp3) is 0.824. The van der Waals surface area contributed by atoms with Crippen LogP contribution in [-0.2, 0) is 4.74 Å². The highest BCUT2D eigenvalue weighted by Gasteiger charge is 2.38. The van der Waals surface area contributed by atoms with Crippen LogP contribution in [0.3, 0.4) is 0 Å². The lowest BCUT2D eigenvalue weighted by atomic mass is 9.87. The summed E-state index contributed by atoms with van der Waals surface area (Å²) in [5.74, 6) is 2.31. The van der Waals surface area contributed by atoms with E-state index in [1.54, 1.807) is 0 Å². The van der Waals surface area contributed by atoms with Gasteiger partial charge in [0.1, 0.15) is 5.60 Å². The van der Waals surface area contributed by atoms with Crippen molar-refractivity contribution >= 4 is 6.09 Å². The molecule has 120 valence electrons. The maximum absolute atomic E-state index is 11.7. The summed E-state index contributed by atoms with van der Waals surface area (Å²) in [6, 6.07) is 0.560. The molecular weight excluding hydrogens is 264 g/mol. The molecule has 0 aromatic heterocycles. The number of ether oxygens (including phenoxy) is 1. The minimum absolute atomic E-state index is 0.0661. The van der Waals surface area contributed by atoms with Gasteiger partial charge in [0.25, 0.3) is 0 Å². The fourth-order valence-electron chi connectivity index (χ4n) is 3.47. The van der Waals surface area contributed by atoms with Crippen molar-refractivity contribution in [2.45, 2.75) is 65.1 Å². The summed E-state index contributed by atoms with van der Waals surface area (Å²) >= 11 is 0. The maximum atomic E-state index is 11.7. The molecule has 5 atom stereocenters. The Morgan fingerprint density at radius 1 is 1.29 bits per heavy atom. The van der Waals surface area contributed by atoms with Crippen molar-refractivity contribution in [2.75, 3.05) is 6.54 Å². The molecule has 4 heteroatoms. The largest absolute Gasteiger partial charge is 0.444 e. The van der Waals surface area contributed by atoms with Gasteiger partial charge in [-0.2, -0.15) is 0 Å². The van der Waals surface area contributed by atoms with Gasteiger partial charge in [0, 0.05) is 18.6 Å². The molecule has 1 saturated carbocycles. The first-order chi connectivity index (χ1) is 9.74. The fourth-order valence-corrected chi connectivity index (χ4v) is 3.47.